The maximum absolute atomic E-state index is 6.59. The minimum absolute atomic E-state index is 0.861. The molecule has 0 aliphatic carbocycles. The van der Waals surface area contributed by atoms with Gasteiger partial charge >= 0.3 is 0 Å². The largest absolute Gasteiger partial charge is 0.456 e. The number of H-pyrrole nitrogens is 1. The van der Waals surface area contributed by atoms with Gasteiger partial charge in [0.25, 0.3) is 0 Å². The summed E-state index contributed by atoms with van der Waals surface area (Å²) in [6.45, 7) is 0. The number of fused-ring (bicyclic) bond motifs is 11. The molecule has 0 radical (unpaired) electrons. The van der Waals surface area contributed by atoms with E-state index in [-0.39, 0.29) is 0 Å². The smallest absolute Gasteiger partial charge is 0.135 e. The van der Waals surface area contributed by atoms with Crippen LogP contribution in [0, 0.1) is 0 Å². The van der Waals surface area contributed by atoms with E-state index in [1.54, 1.807) is 0 Å². The molecule has 32 heavy (non-hydrogen) atoms. The Bertz CT molecular complexity index is 1890. The molecule has 0 saturated heterocycles. The van der Waals surface area contributed by atoms with Gasteiger partial charge in [-0.25, -0.2) is 0 Å². The van der Waals surface area contributed by atoms with Crippen molar-refractivity contribution in [1.82, 2.24) is 4.98 Å². The van der Waals surface area contributed by atoms with Gasteiger partial charge in [0.1, 0.15) is 11.2 Å². The second-order valence-corrected chi connectivity index (χ2v) is 8.22. The van der Waals surface area contributed by atoms with Crippen molar-refractivity contribution in [2.24, 2.45) is 0 Å². The Morgan fingerprint density at radius 2 is 0.938 bits per heavy atom. The highest BCUT2D eigenvalue weighted by Gasteiger charge is 2.12. The highest BCUT2D eigenvalue weighted by atomic mass is 16.3. The zero-order valence-electron chi connectivity index (χ0n) is 17.3. The van der Waals surface area contributed by atoms with E-state index in [1.165, 1.54) is 32.3 Å². The lowest BCUT2D eigenvalue weighted by Gasteiger charge is -2.04. The number of para-hydroxylation sites is 3. The van der Waals surface area contributed by atoms with Crippen LogP contribution in [0.4, 0.5) is 0 Å². The number of rotatable bonds is 0. The molecule has 0 saturated carbocycles. The van der Waals surface area contributed by atoms with Crippen LogP contribution in [-0.4, -0.2) is 4.98 Å². The average molecular weight is 409 g/mol. The SMILES string of the molecule is c1ccc2c(c1)[nH]c1c2ccc2c3ccccc3c3ccccc3oc3ccccc3c21. The van der Waals surface area contributed by atoms with Crippen molar-refractivity contribution in [2.45, 2.75) is 0 Å². The Morgan fingerprint density at radius 3 is 1.72 bits per heavy atom. The Balaban J connectivity index is 1.92. The fraction of sp³-hybridized carbons (Fsp3) is 0. The highest BCUT2D eigenvalue weighted by Crippen LogP contribution is 2.38. The van der Waals surface area contributed by atoms with Crippen LogP contribution in [0.2, 0.25) is 0 Å². The van der Waals surface area contributed by atoms with Gasteiger partial charge in [0, 0.05) is 32.4 Å². The van der Waals surface area contributed by atoms with Crippen molar-refractivity contribution in [3.8, 4) is 0 Å². The first-order chi connectivity index (χ1) is 15.9. The molecule has 2 aromatic heterocycles. The summed E-state index contributed by atoms with van der Waals surface area (Å²) in [6, 6.07) is 38.3. The van der Waals surface area contributed by atoms with Gasteiger partial charge in [-0.3, -0.25) is 0 Å². The van der Waals surface area contributed by atoms with Crippen LogP contribution >= 0.6 is 0 Å². The first kappa shape index (κ1) is 17.4. The van der Waals surface area contributed by atoms with Crippen molar-refractivity contribution in [1.29, 1.82) is 0 Å². The molecule has 150 valence electrons. The van der Waals surface area contributed by atoms with Crippen molar-refractivity contribution in [3.05, 3.63) is 109 Å². The standard InChI is InChI=1S/C30H19NO/c1-2-10-20-19(9-1)22-12-4-7-15-27(22)32-28-16-8-5-13-25(28)29-23(20)17-18-24-21-11-3-6-14-26(21)31-30(24)29/h1-18,31H. The van der Waals surface area contributed by atoms with Gasteiger partial charge in [-0.15, -0.1) is 0 Å². The summed E-state index contributed by atoms with van der Waals surface area (Å²) in [5.41, 5.74) is 4.01. The van der Waals surface area contributed by atoms with Crippen molar-refractivity contribution < 1.29 is 4.42 Å². The first-order valence-electron chi connectivity index (χ1n) is 10.9. The maximum atomic E-state index is 6.59. The lowest BCUT2D eigenvalue weighted by molar-refractivity contribution is 0.663. The van der Waals surface area contributed by atoms with Crippen LogP contribution in [0.3, 0.4) is 0 Å². The van der Waals surface area contributed by atoms with Gasteiger partial charge in [0.15, 0.2) is 0 Å². The number of aromatic nitrogens is 1. The van der Waals surface area contributed by atoms with Crippen LogP contribution in [-0.2, 0) is 0 Å². The summed E-state index contributed by atoms with van der Waals surface area (Å²) < 4.78 is 6.59. The number of nitrogens with one attached hydrogen (secondary N) is 1. The fourth-order valence-electron chi connectivity index (χ4n) is 5.03. The van der Waals surface area contributed by atoms with Gasteiger partial charge < -0.3 is 9.40 Å². The fourth-order valence-corrected chi connectivity index (χ4v) is 5.03. The molecule has 2 heterocycles. The van der Waals surface area contributed by atoms with Crippen LogP contribution in [0.15, 0.2) is 114 Å². The molecule has 0 amide bonds. The highest BCUT2D eigenvalue weighted by molar-refractivity contribution is 6.28. The van der Waals surface area contributed by atoms with E-state index in [0.717, 1.165) is 33.0 Å². The lowest BCUT2D eigenvalue weighted by atomic mass is 9.99. The number of hydrogen-bond donors (Lipinski definition) is 1. The summed E-state index contributed by atoms with van der Waals surface area (Å²) in [5, 5.41) is 9.41. The second kappa shape index (κ2) is 6.60. The maximum Gasteiger partial charge on any atom is 0.135 e. The normalized spacial score (nSPS) is 11.8. The number of hydrogen-bond acceptors (Lipinski definition) is 1. The minimum atomic E-state index is 0.861. The molecule has 0 aliphatic rings. The van der Waals surface area contributed by atoms with Gasteiger partial charge in [-0.2, -0.15) is 0 Å². The summed E-state index contributed by atoms with van der Waals surface area (Å²) in [4.78, 5) is 3.71. The quantitative estimate of drug-likeness (QED) is 0.267. The van der Waals surface area contributed by atoms with Crippen molar-refractivity contribution in [3.63, 3.8) is 0 Å². The molecule has 1 N–H and O–H groups in total. The van der Waals surface area contributed by atoms with Crippen LogP contribution in [0.5, 0.6) is 0 Å². The molecule has 0 aliphatic heterocycles. The van der Waals surface area contributed by atoms with Crippen LogP contribution in [0.25, 0.3) is 65.3 Å². The Kier molecular flexibility index (Phi) is 3.58. The Hall–Kier alpha value is -4.30. The number of benzene rings is 5. The summed E-state index contributed by atoms with van der Waals surface area (Å²) in [5.74, 6) is 0. The Morgan fingerprint density at radius 1 is 0.406 bits per heavy atom. The van der Waals surface area contributed by atoms with E-state index < -0.39 is 0 Å². The van der Waals surface area contributed by atoms with Gasteiger partial charge in [-0.05, 0) is 34.4 Å². The number of aromatic amines is 1. The third-order valence-corrected chi connectivity index (χ3v) is 6.45. The molecule has 0 unspecified atom stereocenters. The minimum Gasteiger partial charge on any atom is -0.456 e. The first-order valence-corrected chi connectivity index (χ1v) is 10.9. The zero-order valence-corrected chi connectivity index (χ0v) is 17.3. The molecule has 2 nitrogen and oxygen atoms in total. The van der Waals surface area contributed by atoms with Crippen molar-refractivity contribution >= 4 is 65.3 Å². The molecule has 0 bridgehead atoms. The predicted molar refractivity (Wildman–Crippen MR) is 136 cm³/mol. The van der Waals surface area contributed by atoms with E-state index in [2.05, 4.69) is 102 Å². The second-order valence-electron chi connectivity index (χ2n) is 8.22. The van der Waals surface area contributed by atoms with Gasteiger partial charge in [-0.1, -0.05) is 91.0 Å². The lowest BCUT2D eigenvalue weighted by Crippen LogP contribution is -1.79. The van der Waals surface area contributed by atoms with Crippen molar-refractivity contribution in [2.75, 3.05) is 0 Å². The zero-order chi connectivity index (χ0) is 21.1. The van der Waals surface area contributed by atoms with E-state index in [0.29, 0.717) is 0 Å². The third kappa shape index (κ3) is 2.41. The van der Waals surface area contributed by atoms with Gasteiger partial charge in [0.05, 0.1) is 5.52 Å². The topological polar surface area (TPSA) is 28.9 Å². The summed E-state index contributed by atoms with van der Waals surface area (Å²) in [6.07, 6.45) is 0. The summed E-state index contributed by atoms with van der Waals surface area (Å²) in [7, 11) is 0. The molecular weight excluding hydrogens is 390 g/mol. The van der Waals surface area contributed by atoms with E-state index in [1.807, 2.05) is 12.1 Å². The Labute approximate surface area is 184 Å². The third-order valence-electron chi connectivity index (χ3n) is 6.45. The molecule has 0 atom stereocenters. The van der Waals surface area contributed by atoms with E-state index in [9.17, 15) is 0 Å². The molecule has 0 fully saturated rings. The molecule has 7 aromatic rings. The average Bonchev–Trinajstić information content (AvgIpc) is 3.24. The monoisotopic (exact) mass is 409 g/mol. The van der Waals surface area contributed by atoms with E-state index >= 15 is 0 Å². The van der Waals surface area contributed by atoms with Gasteiger partial charge in [0.2, 0.25) is 0 Å². The molecule has 5 aromatic carbocycles. The van der Waals surface area contributed by atoms with Crippen LogP contribution in [0.1, 0.15) is 0 Å². The predicted octanol–water partition coefficient (Wildman–Crippen LogP) is 8.65. The molecule has 2 heteroatoms. The summed E-state index contributed by atoms with van der Waals surface area (Å²) >= 11 is 0. The molecular formula is C30H19NO. The molecule has 7 rings (SSSR count). The van der Waals surface area contributed by atoms with E-state index in [4.69, 9.17) is 4.42 Å². The molecule has 0 spiro atoms. The van der Waals surface area contributed by atoms with Crippen LogP contribution < -0.4 is 0 Å².